The van der Waals surface area contributed by atoms with Gasteiger partial charge in [-0.25, -0.2) is 9.50 Å². The highest BCUT2D eigenvalue weighted by atomic mass is 35.5. The first-order valence-electron chi connectivity index (χ1n) is 19.5. The Morgan fingerprint density at radius 2 is 1.71 bits per heavy atom. The summed E-state index contributed by atoms with van der Waals surface area (Å²) in [5, 5.41) is 10.9. The highest BCUT2D eigenvalue weighted by Gasteiger charge is 2.30. The number of amides is 3. The Balaban J connectivity index is 0.00000140. The predicted octanol–water partition coefficient (Wildman–Crippen LogP) is 5.33. The van der Waals surface area contributed by atoms with E-state index in [0.29, 0.717) is 29.3 Å². The molecule has 0 radical (unpaired) electrons. The number of carbonyl (C=O) groups excluding carboxylic acids is 3. The first-order chi connectivity index (χ1) is 27.2. The number of imidazole rings is 1. The number of hydrogen-bond donors (Lipinski definition) is 3. The minimum Gasteiger partial charge on any atom is -0.385 e. The molecule has 4 N–H and O–H groups in total. The second kappa shape index (κ2) is 16.4. The number of nitrogens with zero attached hydrogens (tertiary/aromatic N) is 7. The highest BCUT2D eigenvalue weighted by molar-refractivity contribution is 6.31. The summed E-state index contributed by atoms with van der Waals surface area (Å²) in [6.07, 6.45) is 10.5. The molecule has 5 aromatic rings. The number of hydrogen-bond acceptors (Lipinski definition) is 10. The summed E-state index contributed by atoms with van der Waals surface area (Å²) in [5.74, 6) is -0.743. The fourth-order valence-corrected chi connectivity index (χ4v) is 8.08. The van der Waals surface area contributed by atoms with Crippen molar-refractivity contribution in [1.29, 1.82) is 0 Å². The number of nitrogens with one attached hydrogen (secondary N) is 2. The summed E-state index contributed by atoms with van der Waals surface area (Å²) in [6.45, 7) is 6.47. The molecule has 56 heavy (non-hydrogen) atoms. The van der Waals surface area contributed by atoms with Crippen molar-refractivity contribution in [2.45, 2.75) is 57.4 Å². The van der Waals surface area contributed by atoms with Crippen LogP contribution in [-0.4, -0.2) is 93.4 Å². The molecule has 0 spiro atoms. The van der Waals surface area contributed by atoms with Gasteiger partial charge in [-0.2, -0.15) is 0 Å². The molecule has 3 aliphatic heterocycles. The highest BCUT2D eigenvalue weighted by Crippen LogP contribution is 2.40. The Morgan fingerprint density at radius 3 is 2.41 bits per heavy atom. The maximum atomic E-state index is 12.3. The van der Waals surface area contributed by atoms with E-state index < -0.39 is 5.91 Å². The fourth-order valence-electron chi connectivity index (χ4n) is 7.74. The van der Waals surface area contributed by atoms with Crippen molar-refractivity contribution in [1.82, 2.24) is 34.7 Å². The molecule has 3 aromatic heterocycles. The number of benzene rings is 2. The van der Waals surface area contributed by atoms with E-state index in [1.807, 2.05) is 31.4 Å². The summed E-state index contributed by atoms with van der Waals surface area (Å²) < 4.78 is 1.51. The number of rotatable bonds is 10. The number of halogens is 1. The van der Waals surface area contributed by atoms with Gasteiger partial charge < -0.3 is 20.9 Å². The number of imide groups is 1. The van der Waals surface area contributed by atoms with Gasteiger partial charge in [-0.3, -0.25) is 29.6 Å². The average Bonchev–Trinajstić information content (AvgIpc) is 3.92. The van der Waals surface area contributed by atoms with Crippen molar-refractivity contribution in [2.75, 3.05) is 56.5 Å². The summed E-state index contributed by atoms with van der Waals surface area (Å²) in [5.41, 5.74) is 14.6. The Labute approximate surface area is 331 Å². The van der Waals surface area contributed by atoms with Crippen LogP contribution in [0.5, 0.6) is 0 Å². The zero-order valence-corrected chi connectivity index (χ0v) is 32.4. The third-order valence-electron chi connectivity index (χ3n) is 11.0. The number of nitrogens with two attached hydrogens (primary N) is 1. The second-order valence-corrected chi connectivity index (χ2v) is 15.4. The van der Waals surface area contributed by atoms with Crippen LogP contribution in [0.1, 0.15) is 70.8 Å². The van der Waals surface area contributed by atoms with Gasteiger partial charge in [0.05, 0.1) is 23.5 Å². The van der Waals surface area contributed by atoms with Crippen molar-refractivity contribution in [3.05, 3.63) is 100.0 Å². The number of aromatic nitrogens is 4. The largest absolute Gasteiger partial charge is 0.385 e. The molecule has 14 heteroatoms. The van der Waals surface area contributed by atoms with E-state index >= 15 is 0 Å². The molecule has 290 valence electrons. The number of primary amides is 1. The Bertz CT molecular complexity index is 2260. The van der Waals surface area contributed by atoms with Gasteiger partial charge in [0, 0.05) is 87.8 Å². The van der Waals surface area contributed by atoms with E-state index in [0.717, 1.165) is 92.4 Å². The number of carbonyl (C=O) groups is 3. The molecule has 0 bridgehead atoms. The molecule has 6 heterocycles. The maximum absolute atomic E-state index is 12.3. The second-order valence-electron chi connectivity index (χ2n) is 15.0. The van der Waals surface area contributed by atoms with Crippen LogP contribution in [0.15, 0.2) is 67.0 Å². The number of anilines is 3. The molecule has 2 aromatic carbocycles. The van der Waals surface area contributed by atoms with Gasteiger partial charge in [-0.05, 0) is 59.7 Å². The number of piperazine rings is 1. The molecule has 1 unspecified atom stereocenters. The van der Waals surface area contributed by atoms with Crippen molar-refractivity contribution >= 4 is 52.2 Å². The Morgan fingerprint density at radius 1 is 0.929 bits per heavy atom. The van der Waals surface area contributed by atoms with Crippen LogP contribution in [0, 0.1) is 0 Å². The Hall–Kier alpha value is -5.37. The minimum atomic E-state index is -0.583. The van der Waals surface area contributed by atoms with E-state index in [9.17, 15) is 14.4 Å². The molecule has 1 saturated carbocycles. The van der Waals surface area contributed by atoms with Gasteiger partial charge >= 0.3 is 0 Å². The molecule has 2 saturated heterocycles. The summed E-state index contributed by atoms with van der Waals surface area (Å²) >= 11 is 6.60. The first-order valence-corrected chi connectivity index (χ1v) is 19.9. The lowest BCUT2D eigenvalue weighted by Gasteiger charge is -2.34. The molecule has 1 aliphatic carbocycles. The Kier molecular flexibility index (Phi) is 11.0. The van der Waals surface area contributed by atoms with Crippen molar-refractivity contribution in [3.63, 3.8) is 0 Å². The zero-order chi connectivity index (χ0) is 38.8. The maximum Gasteiger partial charge on any atom is 0.269 e. The SMILES string of the molecule is C1CC1.CNc1cc(N2CCc3c(-c4ccc(CN5CCN(CCc6ccc(C7CCC(=O)NC7=O)c(Cl)c6)CC5)cn4)cccc32)nn2c(C(N)=O)cnc12. The van der Waals surface area contributed by atoms with Gasteiger partial charge in [0.2, 0.25) is 11.8 Å². The van der Waals surface area contributed by atoms with Crippen LogP contribution in [0.3, 0.4) is 0 Å². The van der Waals surface area contributed by atoms with E-state index in [1.165, 1.54) is 41.1 Å². The van der Waals surface area contributed by atoms with Crippen LogP contribution in [-0.2, 0) is 29.0 Å². The van der Waals surface area contributed by atoms with Crippen molar-refractivity contribution in [2.24, 2.45) is 5.73 Å². The lowest BCUT2D eigenvalue weighted by atomic mass is 9.89. The topological polar surface area (TPSA) is 154 Å². The molecule has 1 atom stereocenters. The van der Waals surface area contributed by atoms with Crippen LogP contribution >= 0.6 is 11.6 Å². The van der Waals surface area contributed by atoms with E-state index in [2.05, 4.69) is 66.7 Å². The van der Waals surface area contributed by atoms with Crippen LogP contribution in [0.2, 0.25) is 5.02 Å². The van der Waals surface area contributed by atoms with Gasteiger partial charge in [0.15, 0.2) is 11.5 Å². The van der Waals surface area contributed by atoms with Gasteiger partial charge in [0.25, 0.3) is 5.91 Å². The van der Waals surface area contributed by atoms with E-state index in [-0.39, 0.29) is 23.4 Å². The minimum absolute atomic E-state index is 0.221. The van der Waals surface area contributed by atoms with Crippen LogP contribution < -0.4 is 21.3 Å². The predicted molar refractivity (Wildman–Crippen MR) is 217 cm³/mol. The number of fused-ring (bicyclic) bond motifs is 2. The molecular weight excluding hydrogens is 728 g/mol. The van der Waals surface area contributed by atoms with E-state index in [1.54, 1.807) is 0 Å². The number of piperidine rings is 1. The summed E-state index contributed by atoms with van der Waals surface area (Å²) in [6, 6.07) is 18.5. The summed E-state index contributed by atoms with van der Waals surface area (Å²) in [7, 11) is 1.82. The molecule has 4 aliphatic rings. The molecule has 3 fully saturated rings. The first kappa shape index (κ1) is 37.5. The quantitative estimate of drug-likeness (QED) is 0.159. The molecule has 9 rings (SSSR count). The normalized spacial score (nSPS) is 18.3. The molecule has 13 nitrogen and oxygen atoms in total. The lowest BCUT2D eigenvalue weighted by molar-refractivity contribution is -0.134. The smallest absolute Gasteiger partial charge is 0.269 e. The number of pyridine rings is 1. The van der Waals surface area contributed by atoms with Crippen LogP contribution in [0.4, 0.5) is 17.2 Å². The standard InChI is InChI=1S/C39H41ClN10O3.C3H6/c1-42-32-20-35(46-50-34(37(41)52)22-44-38(32)50)49-14-12-28-27(3-2-4-33(28)49)31-9-6-25(21-43-31)23-48-17-15-47(16-18-48)13-11-24-5-7-26(30(40)19-24)29-8-10-36(51)45-39(29)53;1-2-3-1/h2-7,9,19-22,29,42H,8,10-18,23H2,1H3,(H2,41,52)(H,45,51,53);1-3H2. The fraction of sp³-hybridized carbons (Fsp3) is 0.381. The van der Waals surface area contributed by atoms with Gasteiger partial charge in [-0.1, -0.05) is 61.2 Å². The van der Waals surface area contributed by atoms with Crippen LogP contribution in [0.25, 0.3) is 16.9 Å². The zero-order valence-electron chi connectivity index (χ0n) is 31.6. The third-order valence-corrected chi connectivity index (χ3v) is 11.3. The van der Waals surface area contributed by atoms with Gasteiger partial charge in [-0.15, -0.1) is 5.10 Å². The monoisotopic (exact) mass is 774 g/mol. The average molecular weight is 775 g/mol. The van der Waals surface area contributed by atoms with Crippen molar-refractivity contribution in [3.8, 4) is 11.3 Å². The van der Waals surface area contributed by atoms with E-state index in [4.69, 9.17) is 27.4 Å². The van der Waals surface area contributed by atoms with Crippen molar-refractivity contribution < 1.29 is 14.4 Å². The van der Waals surface area contributed by atoms with Gasteiger partial charge in [0.1, 0.15) is 5.69 Å². The summed E-state index contributed by atoms with van der Waals surface area (Å²) in [4.78, 5) is 52.3. The molecule has 3 amide bonds. The lowest BCUT2D eigenvalue weighted by Crippen LogP contribution is -2.46. The molecular formula is C42H47ClN10O3. The third kappa shape index (κ3) is 8.11.